The molecule has 0 radical (unpaired) electrons. The summed E-state index contributed by atoms with van der Waals surface area (Å²) in [6, 6.07) is 24.7. The molecule has 0 heterocycles. The topological polar surface area (TPSA) is 71.3 Å². The molecule has 1 N–H and O–H groups in total. The number of carbonyl (C=O) groups is 1. The van der Waals surface area contributed by atoms with Crippen LogP contribution in [0.5, 0.6) is 11.5 Å². The standard InChI is InChI=1S/C25H24N2O3S/c1-18(14-15-26)31-24-11-7-6-10-21(24)27-25(28)20-12-13-22(23(16-20)29-2)30-17-19-8-4-3-5-9-19/h3-13,16,18H,14,17H2,1-2H3,(H,27,28). The zero-order chi connectivity index (χ0) is 22.1. The van der Waals surface area contributed by atoms with Gasteiger partial charge in [-0.1, -0.05) is 49.4 Å². The second-order valence-corrected chi connectivity index (χ2v) is 8.36. The summed E-state index contributed by atoms with van der Waals surface area (Å²) in [4.78, 5) is 13.8. The summed E-state index contributed by atoms with van der Waals surface area (Å²) < 4.78 is 11.3. The number of nitriles is 1. The van der Waals surface area contributed by atoms with Crippen molar-refractivity contribution in [3.8, 4) is 17.6 Å². The van der Waals surface area contributed by atoms with Gasteiger partial charge in [0, 0.05) is 22.1 Å². The first-order chi connectivity index (χ1) is 15.1. The quantitative estimate of drug-likeness (QED) is 0.425. The highest BCUT2D eigenvalue weighted by molar-refractivity contribution is 8.00. The fourth-order valence-electron chi connectivity index (χ4n) is 2.92. The van der Waals surface area contributed by atoms with Gasteiger partial charge in [-0.05, 0) is 35.9 Å². The van der Waals surface area contributed by atoms with Crippen molar-refractivity contribution >= 4 is 23.4 Å². The second kappa shape index (κ2) is 11.1. The van der Waals surface area contributed by atoms with Crippen LogP contribution in [0.3, 0.4) is 0 Å². The minimum absolute atomic E-state index is 0.129. The van der Waals surface area contributed by atoms with Gasteiger partial charge in [0.1, 0.15) is 6.61 Å². The lowest BCUT2D eigenvalue weighted by atomic mass is 10.1. The van der Waals surface area contributed by atoms with Gasteiger partial charge in [-0.2, -0.15) is 5.26 Å². The van der Waals surface area contributed by atoms with Crippen LogP contribution in [-0.4, -0.2) is 18.3 Å². The van der Waals surface area contributed by atoms with Gasteiger partial charge in [0.25, 0.3) is 5.91 Å². The Bertz CT molecular complexity index is 1060. The summed E-state index contributed by atoms with van der Waals surface area (Å²) in [5, 5.41) is 12.0. The third-order valence-electron chi connectivity index (χ3n) is 4.51. The molecule has 3 aromatic carbocycles. The van der Waals surface area contributed by atoms with E-state index >= 15 is 0 Å². The fourth-order valence-corrected chi connectivity index (χ4v) is 3.91. The molecular formula is C25H24N2O3S. The Morgan fingerprint density at radius 3 is 2.55 bits per heavy atom. The van der Waals surface area contributed by atoms with Crippen molar-refractivity contribution in [1.29, 1.82) is 5.26 Å². The van der Waals surface area contributed by atoms with Crippen molar-refractivity contribution in [1.82, 2.24) is 0 Å². The van der Waals surface area contributed by atoms with Crippen LogP contribution in [0, 0.1) is 11.3 Å². The summed E-state index contributed by atoms with van der Waals surface area (Å²) >= 11 is 1.56. The number of hydrogen-bond donors (Lipinski definition) is 1. The van der Waals surface area contributed by atoms with Gasteiger partial charge in [-0.3, -0.25) is 4.79 Å². The molecule has 0 aromatic heterocycles. The van der Waals surface area contributed by atoms with Crippen molar-refractivity contribution in [2.45, 2.75) is 30.1 Å². The number of thioether (sulfide) groups is 1. The Hall–Kier alpha value is -3.43. The zero-order valence-electron chi connectivity index (χ0n) is 17.5. The normalized spacial score (nSPS) is 11.3. The van der Waals surface area contributed by atoms with Gasteiger partial charge >= 0.3 is 0 Å². The van der Waals surface area contributed by atoms with E-state index in [0.29, 0.717) is 35.8 Å². The average molecular weight is 433 g/mol. The number of nitrogens with zero attached hydrogens (tertiary/aromatic N) is 1. The van der Waals surface area contributed by atoms with Crippen LogP contribution < -0.4 is 14.8 Å². The second-order valence-electron chi connectivity index (χ2n) is 6.88. The summed E-state index contributed by atoms with van der Waals surface area (Å²) in [5.74, 6) is 0.826. The summed E-state index contributed by atoms with van der Waals surface area (Å²) in [5.41, 5.74) is 2.23. The molecule has 6 heteroatoms. The highest BCUT2D eigenvalue weighted by atomic mass is 32.2. The molecule has 1 unspecified atom stereocenters. The van der Waals surface area contributed by atoms with E-state index in [1.165, 1.54) is 0 Å². The van der Waals surface area contributed by atoms with Crippen LogP contribution in [0.25, 0.3) is 0 Å². The molecule has 3 aromatic rings. The summed E-state index contributed by atoms with van der Waals surface area (Å²) in [7, 11) is 1.55. The molecule has 1 atom stereocenters. The maximum Gasteiger partial charge on any atom is 0.255 e. The van der Waals surface area contributed by atoms with Crippen LogP contribution >= 0.6 is 11.8 Å². The first-order valence-corrected chi connectivity index (χ1v) is 10.8. The van der Waals surface area contributed by atoms with Gasteiger partial charge in [-0.25, -0.2) is 0 Å². The molecule has 0 fully saturated rings. The van der Waals surface area contributed by atoms with Gasteiger partial charge in [0.2, 0.25) is 0 Å². The Labute approximate surface area is 187 Å². The molecule has 0 aliphatic carbocycles. The molecule has 3 rings (SSSR count). The number of hydrogen-bond acceptors (Lipinski definition) is 5. The van der Waals surface area contributed by atoms with Crippen LogP contribution in [0.1, 0.15) is 29.3 Å². The van der Waals surface area contributed by atoms with E-state index in [2.05, 4.69) is 11.4 Å². The third-order valence-corrected chi connectivity index (χ3v) is 5.68. The van der Waals surface area contributed by atoms with E-state index in [9.17, 15) is 4.79 Å². The zero-order valence-corrected chi connectivity index (χ0v) is 18.3. The number of anilines is 1. The molecule has 0 spiro atoms. The molecule has 1 amide bonds. The SMILES string of the molecule is COc1cc(C(=O)Nc2ccccc2SC(C)CC#N)ccc1OCc1ccccc1. The van der Waals surface area contributed by atoms with E-state index in [0.717, 1.165) is 10.5 Å². The van der Waals surface area contributed by atoms with E-state index in [4.69, 9.17) is 14.7 Å². The Morgan fingerprint density at radius 2 is 1.81 bits per heavy atom. The van der Waals surface area contributed by atoms with Crippen LogP contribution in [0.4, 0.5) is 5.69 Å². The summed E-state index contributed by atoms with van der Waals surface area (Å²) in [6.07, 6.45) is 0.439. The Morgan fingerprint density at radius 1 is 1.06 bits per heavy atom. The Balaban J connectivity index is 1.72. The number of ether oxygens (including phenoxy) is 2. The largest absolute Gasteiger partial charge is 0.493 e. The highest BCUT2D eigenvalue weighted by Gasteiger charge is 2.14. The molecule has 158 valence electrons. The maximum atomic E-state index is 12.9. The number of methoxy groups -OCH3 is 1. The molecule has 5 nitrogen and oxygen atoms in total. The summed E-state index contributed by atoms with van der Waals surface area (Å²) in [6.45, 7) is 2.40. The van der Waals surface area contributed by atoms with Gasteiger partial charge in [-0.15, -0.1) is 11.8 Å². The highest BCUT2D eigenvalue weighted by Crippen LogP contribution is 2.33. The van der Waals surface area contributed by atoms with Gasteiger partial charge < -0.3 is 14.8 Å². The van der Waals surface area contributed by atoms with E-state index in [-0.39, 0.29) is 11.2 Å². The minimum atomic E-state index is -0.242. The third kappa shape index (κ3) is 6.27. The average Bonchev–Trinajstić information content (AvgIpc) is 2.79. The first-order valence-electron chi connectivity index (χ1n) is 9.89. The van der Waals surface area contributed by atoms with Crippen molar-refractivity contribution in [3.63, 3.8) is 0 Å². The predicted molar refractivity (Wildman–Crippen MR) is 124 cm³/mol. The van der Waals surface area contributed by atoms with Gasteiger partial charge in [0.05, 0.1) is 18.9 Å². The van der Waals surface area contributed by atoms with Crippen molar-refractivity contribution < 1.29 is 14.3 Å². The number of para-hydroxylation sites is 1. The molecule has 0 saturated carbocycles. The lowest BCUT2D eigenvalue weighted by Crippen LogP contribution is -2.13. The van der Waals surface area contributed by atoms with E-state index < -0.39 is 0 Å². The molecule has 0 aliphatic heterocycles. The molecule has 0 bridgehead atoms. The first kappa shape index (κ1) is 22.3. The number of carbonyl (C=O) groups excluding carboxylic acids is 1. The molecule has 0 aliphatic rings. The van der Waals surface area contributed by atoms with E-state index in [1.54, 1.807) is 37.1 Å². The Kier molecular flexibility index (Phi) is 7.97. The predicted octanol–water partition coefficient (Wildman–Crippen LogP) is 5.92. The number of rotatable bonds is 9. The fraction of sp³-hybridized carbons (Fsp3) is 0.200. The lowest BCUT2D eigenvalue weighted by molar-refractivity contribution is 0.102. The van der Waals surface area contributed by atoms with Crippen molar-refractivity contribution in [2.75, 3.05) is 12.4 Å². The minimum Gasteiger partial charge on any atom is -0.493 e. The van der Waals surface area contributed by atoms with E-state index in [1.807, 2.05) is 61.5 Å². The van der Waals surface area contributed by atoms with Crippen molar-refractivity contribution in [2.24, 2.45) is 0 Å². The monoisotopic (exact) mass is 432 g/mol. The van der Waals surface area contributed by atoms with Gasteiger partial charge in [0.15, 0.2) is 11.5 Å². The molecule has 0 saturated heterocycles. The molecule has 31 heavy (non-hydrogen) atoms. The number of nitrogens with one attached hydrogen (secondary N) is 1. The smallest absolute Gasteiger partial charge is 0.255 e. The van der Waals surface area contributed by atoms with Crippen LogP contribution in [-0.2, 0) is 6.61 Å². The molecular weight excluding hydrogens is 408 g/mol. The number of benzene rings is 3. The maximum absolute atomic E-state index is 12.9. The lowest BCUT2D eigenvalue weighted by Gasteiger charge is -2.15. The van der Waals surface area contributed by atoms with Crippen LogP contribution in [0.15, 0.2) is 77.7 Å². The van der Waals surface area contributed by atoms with Crippen molar-refractivity contribution in [3.05, 3.63) is 83.9 Å². The number of amides is 1. The van der Waals surface area contributed by atoms with Crippen LogP contribution in [0.2, 0.25) is 0 Å².